The Hall–Kier alpha value is -4.18. The molecule has 5 aromatic rings. The standard InChI is InChI=1S/C29H25N3O/c1-19-12-14-27-23(16-19)13-15-28(31-27)22-8-7-9-24(18-22)30-29(33)26-17-20(2)32(21(26)3)25-10-5-4-6-11-25/h4-18H,1-3H3,(H,30,33). The summed E-state index contributed by atoms with van der Waals surface area (Å²) in [4.78, 5) is 18.0. The van der Waals surface area contributed by atoms with Crippen molar-refractivity contribution in [2.45, 2.75) is 20.8 Å². The number of pyridine rings is 1. The fourth-order valence-corrected chi connectivity index (χ4v) is 4.33. The highest BCUT2D eigenvalue weighted by molar-refractivity contribution is 6.05. The van der Waals surface area contributed by atoms with Crippen molar-refractivity contribution < 1.29 is 4.79 Å². The van der Waals surface area contributed by atoms with Crippen LogP contribution in [0, 0.1) is 20.8 Å². The van der Waals surface area contributed by atoms with Gasteiger partial charge in [0, 0.05) is 33.7 Å². The fraction of sp³-hybridized carbons (Fsp3) is 0.103. The Labute approximate surface area is 193 Å². The average molecular weight is 432 g/mol. The summed E-state index contributed by atoms with van der Waals surface area (Å²) in [6, 6.07) is 30.2. The van der Waals surface area contributed by atoms with E-state index in [0.29, 0.717) is 5.56 Å². The summed E-state index contributed by atoms with van der Waals surface area (Å²) in [6.45, 7) is 6.08. The number of fused-ring (bicyclic) bond motifs is 1. The summed E-state index contributed by atoms with van der Waals surface area (Å²) >= 11 is 0. The Morgan fingerprint density at radius 1 is 0.818 bits per heavy atom. The van der Waals surface area contributed by atoms with E-state index in [-0.39, 0.29) is 5.91 Å². The van der Waals surface area contributed by atoms with Crippen LogP contribution in [-0.4, -0.2) is 15.5 Å². The number of carbonyl (C=O) groups excluding carboxylic acids is 1. The molecule has 0 fully saturated rings. The van der Waals surface area contributed by atoms with Gasteiger partial charge < -0.3 is 9.88 Å². The number of amides is 1. The molecule has 0 saturated carbocycles. The first-order valence-corrected chi connectivity index (χ1v) is 11.0. The van der Waals surface area contributed by atoms with E-state index in [9.17, 15) is 4.79 Å². The minimum atomic E-state index is -0.121. The zero-order valence-corrected chi connectivity index (χ0v) is 19.0. The van der Waals surface area contributed by atoms with Crippen LogP contribution in [0.25, 0.3) is 27.8 Å². The molecule has 0 atom stereocenters. The lowest BCUT2D eigenvalue weighted by atomic mass is 10.1. The van der Waals surface area contributed by atoms with Crippen LogP contribution in [0.5, 0.6) is 0 Å². The molecule has 1 amide bonds. The molecule has 4 heteroatoms. The predicted molar refractivity (Wildman–Crippen MR) is 135 cm³/mol. The number of benzene rings is 3. The van der Waals surface area contributed by atoms with Crippen LogP contribution in [0.1, 0.15) is 27.3 Å². The van der Waals surface area contributed by atoms with Crippen molar-refractivity contribution in [3.05, 3.63) is 114 Å². The summed E-state index contributed by atoms with van der Waals surface area (Å²) in [5.74, 6) is -0.121. The van der Waals surface area contributed by atoms with Gasteiger partial charge in [-0.3, -0.25) is 4.79 Å². The van der Waals surface area contributed by atoms with Crippen molar-refractivity contribution in [1.82, 2.24) is 9.55 Å². The number of nitrogens with one attached hydrogen (secondary N) is 1. The first-order chi connectivity index (χ1) is 16.0. The van der Waals surface area contributed by atoms with E-state index in [0.717, 1.165) is 44.9 Å². The van der Waals surface area contributed by atoms with Gasteiger partial charge in [-0.1, -0.05) is 48.0 Å². The molecule has 162 valence electrons. The Morgan fingerprint density at radius 3 is 2.45 bits per heavy atom. The van der Waals surface area contributed by atoms with Gasteiger partial charge >= 0.3 is 0 Å². The van der Waals surface area contributed by atoms with E-state index < -0.39 is 0 Å². The Morgan fingerprint density at radius 2 is 1.64 bits per heavy atom. The number of carbonyl (C=O) groups is 1. The molecule has 0 spiro atoms. The maximum absolute atomic E-state index is 13.1. The van der Waals surface area contributed by atoms with Crippen LogP contribution in [0.4, 0.5) is 5.69 Å². The summed E-state index contributed by atoms with van der Waals surface area (Å²) in [5.41, 5.74) is 8.41. The van der Waals surface area contributed by atoms with Crippen molar-refractivity contribution in [3.8, 4) is 16.9 Å². The molecule has 1 N–H and O–H groups in total. The predicted octanol–water partition coefficient (Wildman–Crippen LogP) is 6.87. The van der Waals surface area contributed by atoms with Gasteiger partial charge in [0.25, 0.3) is 5.91 Å². The lowest BCUT2D eigenvalue weighted by molar-refractivity contribution is 0.102. The molecule has 0 aliphatic carbocycles. The highest BCUT2D eigenvalue weighted by Crippen LogP contribution is 2.26. The van der Waals surface area contributed by atoms with Crippen LogP contribution in [0.15, 0.2) is 91.0 Å². The number of hydrogen-bond acceptors (Lipinski definition) is 2. The van der Waals surface area contributed by atoms with Gasteiger partial charge in [-0.05, 0) is 69.3 Å². The molecular formula is C29H25N3O. The van der Waals surface area contributed by atoms with Gasteiger partial charge in [0.2, 0.25) is 0 Å². The van der Waals surface area contributed by atoms with Gasteiger partial charge in [0.15, 0.2) is 0 Å². The molecule has 4 nitrogen and oxygen atoms in total. The first kappa shape index (κ1) is 20.7. The molecular weight excluding hydrogens is 406 g/mol. The van der Waals surface area contributed by atoms with Crippen molar-refractivity contribution >= 4 is 22.5 Å². The smallest absolute Gasteiger partial charge is 0.257 e. The number of nitrogens with zero attached hydrogens (tertiary/aromatic N) is 2. The number of aryl methyl sites for hydroxylation is 2. The summed E-state index contributed by atoms with van der Waals surface area (Å²) in [7, 11) is 0. The van der Waals surface area contributed by atoms with Gasteiger partial charge in [-0.25, -0.2) is 4.98 Å². The second-order valence-electron chi connectivity index (χ2n) is 8.38. The van der Waals surface area contributed by atoms with Crippen LogP contribution in [0.3, 0.4) is 0 Å². The average Bonchev–Trinajstić information content (AvgIpc) is 3.13. The third-order valence-electron chi connectivity index (χ3n) is 5.95. The molecule has 5 rings (SSSR count). The second kappa shape index (κ2) is 8.40. The monoisotopic (exact) mass is 431 g/mol. The first-order valence-electron chi connectivity index (χ1n) is 11.0. The number of rotatable bonds is 4. The van der Waals surface area contributed by atoms with Gasteiger partial charge in [-0.2, -0.15) is 0 Å². The molecule has 0 aliphatic rings. The third-order valence-corrected chi connectivity index (χ3v) is 5.95. The van der Waals surface area contributed by atoms with E-state index in [1.54, 1.807) is 0 Å². The maximum Gasteiger partial charge on any atom is 0.257 e. The molecule has 0 bridgehead atoms. The van der Waals surface area contributed by atoms with Crippen molar-refractivity contribution in [2.75, 3.05) is 5.32 Å². The Balaban J connectivity index is 1.43. The van der Waals surface area contributed by atoms with E-state index in [1.165, 1.54) is 5.56 Å². The fourth-order valence-electron chi connectivity index (χ4n) is 4.33. The molecule has 33 heavy (non-hydrogen) atoms. The lowest BCUT2D eigenvalue weighted by Crippen LogP contribution is -2.13. The molecule has 2 heterocycles. The molecule has 0 aliphatic heterocycles. The molecule has 0 radical (unpaired) electrons. The minimum Gasteiger partial charge on any atom is -0.322 e. The van der Waals surface area contributed by atoms with E-state index >= 15 is 0 Å². The zero-order valence-electron chi connectivity index (χ0n) is 19.0. The zero-order chi connectivity index (χ0) is 22.9. The van der Waals surface area contributed by atoms with Crippen LogP contribution in [-0.2, 0) is 0 Å². The molecule has 0 unspecified atom stereocenters. The van der Waals surface area contributed by atoms with Crippen LogP contribution >= 0.6 is 0 Å². The normalized spacial score (nSPS) is 11.0. The summed E-state index contributed by atoms with van der Waals surface area (Å²) in [5, 5.41) is 4.19. The highest BCUT2D eigenvalue weighted by Gasteiger charge is 2.17. The second-order valence-corrected chi connectivity index (χ2v) is 8.38. The number of hydrogen-bond donors (Lipinski definition) is 1. The maximum atomic E-state index is 13.1. The minimum absolute atomic E-state index is 0.121. The van der Waals surface area contributed by atoms with Crippen molar-refractivity contribution in [3.63, 3.8) is 0 Å². The topological polar surface area (TPSA) is 46.9 Å². The highest BCUT2D eigenvalue weighted by atomic mass is 16.1. The van der Waals surface area contributed by atoms with Gasteiger partial charge in [-0.15, -0.1) is 0 Å². The Kier molecular flexibility index (Phi) is 5.27. The SMILES string of the molecule is Cc1ccc2nc(-c3cccc(NC(=O)c4cc(C)n(-c5ccccc5)c4C)c3)ccc2c1. The van der Waals surface area contributed by atoms with E-state index in [2.05, 4.69) is 35.0 Å². The summed E-state index contributed by atoms with van der Waals surface area (Å²) in [6.07, 6.45) is 0. The Bertz CT molecular complexity index is 1480. The number of para-hydroxylation sites is 1. The van der Waals surface area contributed by atoms with Crippen LogP contribution in [0.2, 0.25) is 0 Å². The molecule has 0 saturated heterocycles. The molecule has 2 aromatic heterocycles. The van der Waals surface area contributed by atoms with E-state index in [4.69, 9.17) is 4.98 Å². The quantitative estimate of drug-likeness (QED) is 0.337. The molecule has 3 aromatic carbocycles. The number of aromatic nitrogens is 2. The number of anilines is 1. The largest absolute Gasteiger partial charge is 0.322 e. The van der Waals surface area contributed by atoms with Crippen molar-refractivity contribution in [1.29, 1.82) is 0 Å². The van der Waals surface area contributed by atoms with Crippen molar-refractivity contribution in [2.24, 2.45) is 0 Å². The van der Waals surface area contributed by atoms with Gasteiger partial charge in [0.1, 0.15) is 0 Å². The summed E-state index contributed by atoms with van der Waals surface area (Å²) < 4.78 is 2.10. The third kappa shape index (κ3) is 4.03. The van der Waals surface area contributed by atoms with E-state index in [1.807, 2.05) is 86.6 Å². The van der Waals surface area contributed by atoms with Crippen LogP contribution < -0.4 is 5.32 Å². The van der Waals surface area contributed by atoms with Gasteiger partial charge in [0.05, 0.1) is 16.8 Å². The lowest BCUT2D eigenvalue weighted by Gasteiger charge is -2.10.